The van der Waals surface area contributed by atoms with Gasteiger partial charge >= 0.3 is 6.18 Å². The Hall–Kier alpha value is -4.48. The van der Waals surface area contributed by atoms with Crippen LogP contribution in [0.1, 0.15) is 17.0 Å². The summed E-state index contributed by atoms with van der Waals surface area (Å²) in [6, 6.07) is 9.58. The first-order valence-corrected chi connectivity index (χ1v) is 10.4. The predicted octanol–water partition coefficient (Wildman–Crippen LogP) is 4.25. The minimum absolute atomic E-state index is 0.205. The van der Waals surface area contributed by atoms with Crippen molar-refractivity contribution in [1.82, 2.24) is 39.5 Å². The Morgan fingerprint density at radius 3 is 2.60 bits per heavy atom. The third kappa shape index (κ3) is 4.90. The topological polar surface area (TPSA) is 87.2 Å². The summed E-state index contributed by atoms with van der Waals surface area (Å²) in [4.78, 5) is 16.6. The molecule has 5 rings (SSSR count). The van der Waals surface area contributed by atoms with Crippen LogP contribution in [0, 0.1) is 5.82 Å². The number of rotatable bonds is 6. The van der Waals surface area contributed by atoms with Crippen LogP contribution in [0.2, 0.25) is 0 Å². The summed E-state index contributed by atoms with van der Waals surface area (Å²) in [7, 11) is 0. The second kappa shape index (κ2) is 9.05. The average Bonchev–Trinajstić information content (AvgIpc) is 3.53. The number of alkyl halides is 3. The van der Waals surface area contributed by atoms with Gasteiger partial charge in [-0.05, 0) is 48.4 Å². The van der Waals surface area contributed by atoms with Gasteiger partial charge in [-0.15, -0.1) is 5.10 Å². The zero-order valence-electron chi connectivity index (χ0n) is 17.9. The lowest BCUT2D eigenvalue weighted by atomic mass is 10.1. The molecule has 0 saturated heterocycles. The van der Waals surface area contributed by atoms with Gasteiger partial charge < -0.3 is 0 Å². The highest BCUT2D eigenvalue weighted by Crippen LogP contribution is 2.31. The lowest BCUT2D eigenvalue weighted by Crippen LogP contribution is -2.09. The Morgan fingerprint density at radius 1 is 0.943 bits per heavy atom. The molecule has 0 spiro atoms. The first-order valence-electron chi connectivity index (χ1n) is 10.4. The smallest absolute Gasteiger partial charge is 0.261 e. The van der Waals surface area contributed by atoms with Crippen LogP contribution in [0.5, 0.6) is 0 Å². The molecule has 0 aliphatic rings. The van der Waals surface area contributed by atoms with Gasteiger partial charge in [0.2, 0.25) is 0 Å². The summed E-state index contributed by atoms with van der Waals surface area (Å²) in [5.74, 6) is 0.698. The molecule has 0 fully saturated rings. The fraction of sp³-hybridized carbons (Fsp3) is 0.130. The first-order chi connectivity index (χ1) is 16.9. The summed E-state index contributed by atoms with van der Waals surface area (Å²) < 4.78 is 56.4. The maximum atomic E-state index is 13.6. The molecular formula is C23H16F4N8. The highest BCUT2D eigenvalue weighted by atomic mass is 19.4. The monoisotopic (exact) mass is 480 g/mol. The molecule has 1 aromatic carbocycles. The Labute approximate surface area is 196 Å². The number of nitrogens with zero attached hydrogens (tertiary/aromatic N) is 8. The Kier molecular flexibility index (Phi) is 5.77. The molecule has 0 bridgehead atoms. The van der Waals surface area contributed by atoms with Gasteiger partial charge in [-0.3, -0.25) is 4.98 Å². The molecule has 35 heavy (non-hydrogen) atoms. The molecule has 0 amide bonds. The lowest BCUT2D eigenvalue weighted by Gasteiger charge is -2.10. The van der Waals surface area contributed by atoms with E-state index >= 15 is 0 Å². The van der Waals surface area contributed by atoms with E-state index in [1.807, 2.05) is 0 Å². The second-order valence-electron chi connectivity index (χ2n) is 7.57. The van der Waals surface area contributed by atoms with Crippen LogP contribution in [-0.4, -0.2) is 39.5 Å². The molecule has 0 N–H and O–H groups in total. The predicted molar refractivity (Wildman–Crippen MR) is 116 cm³/mol. The third-order valence-corrected chi connectivity index (χ3v) is 5.15. The van der Waals surface area contributed by atoms with E-state index in [2.05, 4.69) is 30.1 Å². The largest absolute Gasteiger partial charge is 0.416 e. The second-order valence-corrected chi connectivity index (χ2v) is 7.57. The van der Waals surface area contributed by atoms with Crippen molar-refractivity contribution in [2.24, 2.45) is 0 Å². The van der Waals surface area contributed by atoms with Crippen LogP contribution in [0.15, 0.2) is 73.7 Å². The number of aromatic nitrogens is 8. The van der Waals surface area contributed by atoms with Crippen molar-refractivity contribution in [3.8, 4) is 22.9 Å². The Balaban J connectivity index is 1.55. The average molecular weight is 480 g/mol. The van der Waals surface area contributed by atoms with Crippen LogP contribution in [-0.2, 0) is 19.0 Å². The molecular weight excluding hydrogens is 464 g/mol. The highest BCUT2D eigenvalue weighted by Gasteiger charge is 2.31. The fourth-order valence-electron chi connectivity index (χ4n) is 3.51. The first kappa shape index (κ1) is 22.3. The molecule has 4 aromatic heterocycles. The molecule has 0 aliphatic heterocycles. The minimum Gasteiger partial charge on any atom is -0.261 e. The maximum Gasteiger partial charge on any atom is 0.416 e. The lowest BCUT2D eigenvalue weighted by molar-refractivity contribution is -0.137. The number of hydrogen-bond donors (Lipinski definition) is 0. The van der Waals surface area contributed by atoms with E-state index in [0.717, 1.165) is 18.3 Å². The van der Waals surface area contributed by atoms with Gasteiger partial charge in [0.1, 0.15) is 24.3 Å². The summed E-state index contributed by atoms with van der Waals surface area (Å²) in [5.41, 5.74) is 0.619. The van der Waals surface area contributed by atoms with Gasteiger partial charge in [0.05, 0.1) is 17.4 Å². The molecule has 176 valence electrons. The van der Waals surface area contributed by atoms with Gasteiger partial charge in [0.15, 0.2) is 11.6 Å². The quantitative estimate of drug-likeness (QED) is 0.338. The van der Waals surface area contributed by atoms with Crippen molar-refractivity contribution in [3.05, 3.63) is 96.5 Å². The third-order valence-electron chi connectivity index (χ3n) is 5.15. The number of hydrogen-bond acceptors (Lipinski definition) is 6. The summed E-state index contributed by atoms with van der Waals surface area (Å²) in [6.45, 7) is 0. The molecule has 0 radical (unpaired) electrons. The molecule has 0 atom stereocenters. The SMILES string of the molecule is Fc1cncc(CCc2nc(-c3ccnc(-n4cncn4)c3)nn2-c2cccc(C(F)(F)F)c2)c1. The van der Waals surface area contributed by atoms with E-state index in [4.69, 9.17) is 0 Å². The van der Waals surface area contributed by atoms with Gasteiger partial charge in [-0.25, -0.2) is 28.7 Å². The van der Waals surface area contributed by atoms with E-state index < -0.39 is 17.6 Å². The maximum absolute atomic E-state index is 13.6. The van der Waals surface area contributed by atoms with Crippen molar-refractivity contribution in [2.75, 3.05) is 0 Å². The van der Waals surface area contributed by atoms with Gasteiger partial charge in [0.25, 0.3) is 0 Å². The van der Waals surface area contributed by atoms with Crippen molar-refractivity contribution in [1.29, 1.82) is 0 Å². The summed E-state index contributed by atoms with van der Waals surface area (Å²) in [6.07, 6.45) is 3.18. The van der Waals surface area contributed by atoms with Crippen LogP contribution < -0.4 is 0 Å². The molecule has 8 nitrogen and oxygen atoms in total. The standard InChI is InChI=1S/C23H16F4N8/c24-18-8-15(11-28-12-18)4-5-20-32-22(16-6-7-30-21(9-16)34-14-29-13-31-34)33-35(20)19-3-1-2-17(10-19)23(25,26)27/h1-3,6-14H,4-5H2. The van der Waals surface area contributed by atoms with Gasteiger partial charge in [-0.1, -0.05) is 6.07 Å². The van der Waals surface area contributed by atoms with E-state index in [0.29, 0.717) is 35.0 Å². The van der Waals surface area contributed by atoms with Gasteiger partial charge in [0, 0.05) is 24.4 Å². The highest BCUT2D eigenvalue weighted by molar-refractivity contribution is 5.57. The van der Waals surface area contributed by atoms with Crippen molar-refractivity contribution in [2.45, 2.75) is 19.0 Å². The van der Waals surface area contributed by atoms with E-state index in [9.17, 15) is 17.6 Å². The molecule has 5 aromatic rings. The van der Waals surface area contributed by atoms with Crippen molar-refractivity contribution >= 4 is 0 Å². The zero-order chi connectivity index (χ0) is 24.4. The molecule has 0 unspecified atom stereocenters. The summed E-state index contributed by atoms with van der Waals surface area (Å²) >= 11 is 0. The minimum atomic E-state index is -4.51. The van der Waals surface area contributed by atoms with Crippen LogP contribution in [0.25, 0.3) is 22.9 Å². The van der Waals surface area contributed by atoms with E-state index in [1.165, 1.54) is 46.4 Å². The normalized spacial score (nSPS) is 11.7. The van der Waals surface area contributed by atoms with Crippen molar-refractivity contribution < 1.29 is 17.6 Å². The van der Waals surface area contributed by atoms with Crippen LogP contribution in [0.3, 0.4) is 0 Å². The van der Waals surface area contributed by atoms with Gasteiger partial charge in [-0.2, -0.15) is 18.3 Å². The van der Waals surface area contributed by atoms with Crippen LogP contribution >= 0.6 is 0 Å². The van der Waals surface area contributed by atoms with Crippen LogP contribution in [0.4, 0.5) is 17.6 Å². The number of aryl methyl sites for hydroxylation is 2. The van der Waals surface area contributed by atoms with Crippen molar-refractivity contribution in [3.63, 3.8) is 0 Å². The fourth-order valence-corrected chi connectivity index (χ4v) is 3.51. The zero-order valence-corrected chi connectivity index (χ0v) is 17.9. The Morgan fingerprint density at radius 2 is 1.83 bits per heavy atom. The number of benzene rings is 1. The Bertz CT molecular complexity index is 1460. The molecule has 0 aliphatic carbocycles. The number of halogens is 4. The van der Waals surface area contributed by atoms with E-state index in [1.54, 1.807) is 18.3 Å². The molecule has 4 heterocycles. The number of pyridine rings is 2. The molecule has 12 heteroatoms. The van der Waals surface area contributed by atoms with E-state index in [-0.39, 0.29) is 12.1 Å². The molecule has 0 saturated carbocycles. The summed E-state index contributed by atoms with van der Waals surface area (Å²) in [5, 5.41) is 8.55.